The Balaban J connectivity index is 2.13. The summed E-state index contributed by atoms with van der Waals surface area (Å²) in [5, 5.41) is 5.20. The van der Waals surface area contributed by atoms with Gasteiger partial charge in [-0.25, -0.2) is 9.48 Å². The standard InChI is InChI=1S/C19H18N2O3/c1-12(2)21-18(22)16-10-5-4-9-15(16)17(20-21)19(23)24-14-8-6-7-13(3)11-14/h4-12H,1-3H3. The molecule has 1 aromatic heterocycles. The lowest BCUT2D eigenvalue weighted by atomic mass is 10.1. The van der Waals surface area contributed by atoms with Crippen molar-refractivity contribution in [3.05, 3.63) is 70.1 Å². The molecule has 0 amide bonds. The van der Waals surface area contributed by atoms with Crippen molar-refractivity contribution < 1.29 is 9.53 Å². The molecule has 5 heteroatoms. The molecule has 0 fully saturated rings. The fraction of sp³-hybridized carbons (Fsp3) is 0.211. The smallest absolute Gasteiger partial charge is 0.364 e. The molecule has 0 aliphatic carbocycles. The first-order chi connectivity index (χ1) is 11.5. The second-order valence-electron chi connectivity index (χ2n) is 5.94. The molecule has 24 heavy (non-hydrogen) atoms. The van der Waals surface area contributed by atoms with E-state index in [4.69, 9.17) is 4.74 Å². The van der Waals surface area contributed by atoms with E-state index < -0.39 is 5.97 Å². The molecule has 3 aromatic rings. The Bertz CT molecular complexity index is 974. The third-order valence-corrected chi connectivity index (χ3v) is 3.71. The number of benzene rings is 2. The molecule has 122 valence electrons. The summed E-state index contributed by atoms with van der Waals surface area (Å²) in [6.07, 6.45) is 0. The average Bonchev–Trinajstić information content (AvgIpc) is 2.55. The summed E-state index contributed by atoms with van der Waals surface area (Å²) in [5.41, 5.74) is 0.915. The number of fused-ring (bicyclic) bond motifs is 1. The van der Waals surface area contributed by atoms with Crippen molar-refractivity contribution in [1.82, 2.24) is 9.78 Å². The third-order valence-electron chi connectivity index (χ3n) is 3.71. The first kappa shape index (κ1) is 15.9. The Morgan fingerprint density at radius 2 is 1.79 bits per heavy atom. The minimum atomic E-state index is -0.578. The van der Waals surface area contributed by atoms with Crippen LogP contribution in [-0.2, 0) is 0 Å². The maximum Gasteiger partial charge on any atom is 0.364 e. The molecule has 1 heterocycles. The number of hydrogen-bond acceptors (Lipinski definition) is 4. The Morgan fingerprint density at radius 1 is 1.08 bits per heavy atom. The van der Waals surface area contributed by atoms with E-state index in [-0.39, 0.29) is 17.3 Å². The number of nitrogens with zero attached hydrogens (tertiary/aromatic N) is 2. The van der Waals surface area contributed by atoms with E-state index in [1.54, 1.807) is 36.4 Å². The lowest BCUT2D eigenvalue weighted by Crippen LogP contribution is -2.28. The molecule has 2 aromatic carbocycles. The number of ether oxygens (including phenoxy) is 1. The lowest BCUT2D eigenvalue weighted by molar-refractivity contribution is 0.0727. The summed E-state index contributed by atoms with van der Waals surface area (Å²) in [7, 11) is 0. The van der Waals surface area contributed by atoms with E-state index in [1.807, 2.05) is 32.9 Å². The minimum absolute atomic E-state index is 0.139. The molecular weight excluding hydrogens is 304 g/mol. The molecule has 5 nitrogen and oxygen atoms in total. The van der Waals surface area contributed by atoms with Gasteiger partial charge in [-0.05, 0) is 44.5 Å². The molecule has 0 spiro atoms. The van der Waals surface area contributed by atoms with Crippen molar-refractivity contribution in [2.24, 2.45) is 0 Å². The van der Waals surface area contributed by atoms with Crippen LogP contribution in [0.15, 0.2) is 53.3 Å². The lowest BCUT2D eigenvalue weighted by Gasteiger charge is -2.13. The van der Waals surface area contributed by atoms with Crippen LogP contribution in [0.3, 0.4) is 0 Å². The van der Waals surface area contributed by atoms with Gasteiger partial charge in [0.1, 0.15) is 5.75 Å². The van der Waals surface area contributed by atoms with Crippen molar-refractivity contribution in [3.63, 3.8) is 0 Å². The Kier molecular flexibility index (Phi) is 4.16. The molecule has 0 radical (unpaired) electrons. The van der Waals surface area contributed by atoms with Crippen LogP contribution in [-0.4, -0.2) is 15.7 Å². The largest absolute Gasteiger partial charge is 0.422 e. The van der Waals surface area contributed by atoms with Crippen LogP contribution in [0, 0.1) is 6.92 Å². The Labute approximate surface area is 139 Å². The molecule has 0 saturated heterocycles. The van der Waals surface area contributed by atoms with Gasteiger partial charge in [0.2, 0.25) is 0 Å². The quantitative estimate of drug-likeness (QED) is 0.547. The normalized spacial score (nSPS) is 11.0. The number of carbonyl (C=O) groups is 1. The second kappa shape index (κ2) is 6.28. The van der Waals surface area contributed by atoms with Gasteiger partial charge in [-0.3, -0.25) is 4.79 Å². The number of aryl methyl sites for hydroxylation is 1. The summed E-state index contributed by atoms with van der Waals surface area (Å²) in [6.45, 7) is 5.61. The highest BCUT2D eigenvalue weighted by Crippen LogP contribution is 2.18. The maximum atomic E-state index is 12.6. The van der Waals surface area contributed by atoms with E-state index in [0.29, 0.717) is 16.5 Å². The summed E-state index contributed by atoms with van der Waals surface area (Å²) in [5.74, 6) is -0.126. The minimum Gasteiger partial charge on any atom is -0.422 e. The van der Waals surface area contributed by atoms with E-state index in [9.17, 15) is 9.59 Å². The van der Waals surface area contributed by atoms with Gasteiger partial charge in [0.05, 0.1) is 11.4 Å². The summed E-state index contributed by atoms with van der Waals surface area (Å²) < 4.78 is 6.76. The number of esters is 1. The molecule has 0 unspecified atom stereocenters. The number of aromatic nitrogens is 2. The summed E-state index contributed by atoms with van der Waals surface area (Å²) in [4.78, 5) is 25.1. The van der Waals surface area contributed by atoms with Crippen molar-refractivity contribution in [1.29, 1.82) is 0 Å². The van der Waals surface area contributed by atoms with Crippen molar-refractivity contribution in [3.8, 4) is 5.75 Å². The zero-order chi connectivity index (χ0) is 17.3. The second-order valence-corrected chi connectivity index (χ2v) is 5.94. The number of hydrogen-bond donors (Lipinski definition) is 0. The SMILES string of the molecule is Cc1cccc(OC(=O)c2nn(C(C)C)c(=O)c3ccccc23)c1. The van der Waals surface area contributed by atoms with E-state index in [1.165, 1.54) is 4.68 Å². The number of rotatable bonds is 3. The Hall–Kier alpha value is -2.95. The van der Waals surface area contributed by atoms with Gasteiger partial charge in [-0.1, -0.05) is 30.3 Å². The van der Waals surface area contributed by atoms with Crippen LogP contribution >= 0.6 is 0 Å². The monoisotopic (exact) mass is 322 g/mol. The first-order valence-corrected chi connectivity index (χ1v) is 7.78. The maximum absolute atomic E-state index is 12.6. The van der Waals surface area contributed by atoms with Crippen LogP contribution in [0.5, 0.6) is 5.75 Å². The first-order valence-electron chi connectivity index (χ1n) is 7.78. The number of carbonyl (C=O) groups excluding carboxylic acids is 1. The van der Waals surface area contributed by atoms with Gasteiger partial charge in [-0.15, -0.1) is 0 Å². The molecule has 0 bridgehead atoms. The van der Waals surface area contributed by atoms with E-state index >= 15 is 0 Å². The predicted molar refractivity (Wildman–Crippen MR) is 92.5 cm³/mol. The molecule has 0 aliphatic rings. The fourth-order valence-electron chi connectivity index (χ4n) is 2.54. The van der Waals surface area contributed by atoms with E-state index in [0.717, 1.165) is 5.56 Å². The van der Waals surface area contributed by atoms with Crippen LogP contribution < -0.4 is 10.3 Å². The average molecular weight is 322 g/mol. The van der Waals surface area contributed by atoms with Gasteiger partial charge in [0.15, 0.2) is 5.69 Å². The molecule has 0 aliphatic heterocycles. The zero-order valence-electron chi connectivity index (χ0n) is 13.8. The van der Waals surface area contributed by atoms with Crippen molar-refractivity contribution in [2.75, 3.05) is 0 Å². The zero-order valence-corrected chi connectivity index (χ0v) is 13.8. The molecule has 3 rings (SSSR count). The Morgan fingerprint density at radius 3 is 2.46 bits per heavy atom. The molecule has 0 N–H and O–H groups in total. The topological polar surface area (TPSA) is 61.2 Å². The van der Waals surface area contributed by atoms with Gasteiger partial charge < -0.3 is 4.74 Å². The highest BCUT2D eigenvalue weighted by Gasteiger charge is 2.19. The van der Waals surface area contributed by atoms with Crippen LogP contribution in [0.2, 0.25) is 0 Å². The highest BCUT2D eigenvalue weighted by atomic mass is 16.5. The third kappa shape index (κ3) is 2.93. The van der Waals surface area contributed by atoms with E-state index in [2.05, 4.69) is 5.10 Å². The predicted octanol–water partition coefficient (Wildman–Crippen LogP) is 3.51. The highest BCUT2D eigenvalue weighted by molar-refractivity contribution is 6.02. The fourth-order valence-corrected chi connectivity index (χ4v) is 2.54. The van der Waals surface area contributed by atoms with Crippen molar-refractivity contribution >= 4 is 16.7 Å². The van der Waals surface area contributed by atoms with Crippen molar-refractivity contribution in [2.45, 2.75) is 26.8 Å². The van der Waals surface area contributed by atoms with Crippen LogP contribution in [0.4, 0.5) is 0 Å². The van der Waals surface area contributed by atoms with Gasteiger partial charge in [0, 0.05) is 5.39 Å². The van der Waals surface area contributed by atoms with Gasteiger partial charge in [-0.2, -0.15) is 5.10 Å². The molecule has 0 atom stereocenters. The van der Waals surface area contributed by atoms with Gasteiger partial charge >= 0.3 is 5.97 Å². The van der Waals surface area contributed by atoms with Crippen LogP contribution in [0.1, 0.15) is 35.9 Å². The summed E-state index contributed by atoms with van der Waals surface area (Å²) >= 11 is 0. The van der Waals surface area contributed by atoms with Gasteiger partial charge in [0.25, 0.3) is 5.56 Å². The molecule has 0 saturated carbocycles. The summed E-state index contributed by atoms with van der Waals surface area (Å²) in [6, 6.07) is 14.0. The van der Waals surface area contributed by atoms with Crippen LogP contribution in [0.25, 0.3) is 10.8 Å². The molecular formula is C19H18N2O3.